The maximum Gasteiger partial charge on any atom is 0.259 e. The minimum Gasteiger partial charge on any atom is -0.493 e. The zero-order valence-corrected chi connectivity index (χ0v) is 14.7. The molecule has 1 unspecified atom stereocenters. The molecule has 1 aromatic carbocycles. The molecule has 6 nitrogen and oxygen atoms in total. The molecular weight excluding hydrogens is 308 g/mol. The second-order valence-electron chi connectivity index (χ2n) is 5.70. The Balaban J connectivity index is 2.43. The summed E-state index contributed by atoms with van der Waals surface area (Å²) < 4.78 is 16.1. The fraction of sp³-hybridized carbons (Fsp3) is 0.556. The van der Waals surface area contributed by atoms with Gasteiger partial charge >= 0.3 is 0 Å². The summed E-state index contributed by atoms with van der Waals surface area (Å²) in [5, 5.41) is 9.60. The van der Waals surface area contributed by atoms with E-state index >= 15 is 0 Å². The number of amides is 1. The summed E-state index contributed by atoms with van der Waals surface area (Å²) in [6.45, 7) is 2.69. The van der Waals surface area contributed by atoms with E-state index in [1.165, 1.54) is 21.3 Å². The molecule has 130 valence electrons. The van der Waals surface area contributed by atoms with Crippen LogP contribution < -0.4 is 14.2 Å². The number of benzene rings is 1. The van der Waals surface area contributed by atoms with Gasteiger partial charge in [0.15, 0.2) is 11.5 Å². The van der Waals surface area contributed by atoms with E-state index < -0.39 is 6.04 Å². The summed E-state index contributed by atoms with van der Waals surface area (Å²) in [7, 11) is 4.50. The number of methoxy groups -OCH3 is 3. The molecule has 1 aliphatic rings. The highest BCUT2D eigenvalue weighted by Crippen LogP contribution is 2.48. The quantitative estimate of drug-likeness (QED) is 0.683. The first-order chi connectivity index (χ1) is 11.6. The Morgan fingerprint density at radius 3 is 2.38 bits per heavy atom. The van der Waals surface area contributed by atoms with Crippen LogP contribution in [0.1, 0.15) is 54.6 Å². The van der Waals surface area contributed by atoms with Crippen molar-refractivity contribution in [1.82, 2.24) is 4.90 Å². The largest absolute Gasteiger partial charge is 0.493 e. The number of ether oxygens (including phenoxy) is 3. The smallest absolute Gasteiger partial charge is 0.259 e. The Hall–Kier alpha value is -2.42. The Kier molecular flexibility index (Phi) is 5.91. The van der Waals surface area contributed by atoms with Crippen molar-refractivity contribution in [3.05, 3.63) is 17.2 Å². The normalized spacial score (nSPS) is 15.9. The molecule has 24 heavy (non-hydrogen) atoms. The molecule has 0 saturated heterocycles. The van der Waals surface area contributed by atoms with Crippen LogP contribution >= 0.6 is 0 Å². The predicted molar refractivity (Wildman–Crippen MR) is 89.6 cm³/mol. The number of unbranched alkanes of at least 4 members (excludes halogenated alkanes) is 3. The summed E-state index contributed by atoms with van der Waals surface area (Å²) in [5.41, 5.74) is 1.02. The molecule has 0 N–H and O–H groups in total. The number of hydrogen-bond acceptors (Lipinski definition) is 5. The molecule has 0 fully saturated rings. The molecule has 6 heteroatoms. The lowest BCUT2D eigenvalue weighted by Crippen LogP contribution is -2.28. The molecule has 1 aliphatic heterocycles. The predicted octanol–water partition coefficient (Wildman–Crippen LogP) is 3.31. The van der Waals surface area contributed by atoms with Gasteiger partial charge in [-0.15, -0.1) is 0 Å². The lowest BCUT2D eigenvalue weighted by molar-refractivity contribution is 0.0751. The second kappa shape index (κ2) is 7.91. The number of carbonyl (C=O) groups excluding carboxylic acids is 1. The van der Waals surface area contributed by atoms with Crippen LogP contribution in [0.2, 0.25) is 0 Å². The van der Waals surface area contributed by atoms with Crippen molar-refractivity contribution >= 4 is 5.91 Å². The number of carbonyl (C=O) groups is 1. The van der Waals surface area contributed by atoms with Crippen molar-refractivity contribution < 1.29 is 19.0 Å². The van der Waals surface area contributed by atoms with Gasteiger partial charge in [0.25, 0.3) is 5.91 Å². The van der Waals surface area contributed by atoms with Gasteiger partial charge in [0.1, 0.15) is 6.04 Å². The molecular formula is C18H24N2O4. The third kappa shape index (κ3) is 2.99. The summed E-state index contributed by atoms with van der Waals surface area (Å²) >= 11 is 0. The standard InChI is InChI=1S/C18H24N2O4/c1-5-6-7-8-9-20-13(11-19)12-10-14(22-2)16(23-3)17(24-4)15(12)18(20)21/h10,13H,5-9H2,1-4H3. The summed E-state index contributed by atoms with van der Waals surface area (Å²) in [5.74, 6) is 0.963. The van der Waals surface area contributed by atoms with Crippen molar-refractivity contribution in [2.45, 2.75) is 38.6 Å². The van der Waals surface area contributed by atoms with E-state index in [1.807, 2.05) is 0 Å². The molecule has 0 bridgehead atoms. The van der Waals surface area contributed by atoms with Crippen LogP contribution in [0.4, 0.5) is 0 Å². The molecule has 2 rings (SSSR count). The van der Waals surface area contributed by atoms with E-state index in [0.717, 1.165) is 25.7 Å². The van der Waals surface area contributed by atoms with Crippen LogP contribution in [0.15, 0.2) is 6.07 Å². The number of fused-ring (bicyclic) bond motifs is 1. The SMILES string of the molecule is CCCCCCN1C(=O)c2c(cc(OC)c(OC)c2OC)C1C#N. The number of nitriles is 1. The molecule has 1 amide bonds. The summed E-state index contributed by atoms with van der Waals surface area (Å²) in [4.78, 5) is 14.5. The lowest BCUT2D eigenvalue weighted by Gasteiger charge is -2.19. The third-order valence-electron chi connectivity index (χ3n) is 4.32. The van der Waals surface area contributed by atoms with Gasteiger partial charge in [0, 0.05) is 12.1 Å². The third-order valence-corrected chi connectivity index (χ3v) is 4.32. The second-order valence-corrected chi connectivity index (χ2v) is 5.70. The maximum atomic E-state index is 12.9. The maximum absolute atomic E-state index is 12.9. The zero-order chi connectivity index (χ0) is 17.7. The van der Waals surface area contributed by atoms with Crippen LogP contribution in [-0.2, 0) is 0 Å². The fourth-order valence-corrected chi connectivity index (χ4v) is 3.12. The Bertz CT molecular complexity index is 651. The van der Waals surface area contributed by atoms with Gasteiger partial charge in [-0.1, -0.05) is 26.2 Å². The molecule has 0 radical (unpaired) electrons. The van der Waals surface area contributed by atoms with Crippen LogP contribution in [0.25, 0.3) is 0 Å². The number of nitrogens with zero attached hydrogens (tertiary/aromatic N) is 2. The van der Waals surface area contributed by atoms with E-state index in [4.69, 9.17) is 14.2 Å². The molecule has 0 spiro atoms. The first-order valence-corrected chi connectivity index (χ1v) is 8.17. The molecule has 1 atom stereocenters. The topological polar surface area (TPSA) is 71.8 Å². The molecule has 0 aliphatic carbocycles. The van der Waals surface area contributed by atoms with Gasteiger partial charge in [-0.3, -0.25) is 4.79 Å². The van der Waals surface area contributed by atoms with E-state index in [2.05, 4.69) is 13.0 Å². The zero-order valence-electron chi connectivity index (χ0n) is 14.7. The molecule has 0 saturated carbocycles. The van der Waals surface area contributed by atoms with E-state index in [9.17, 15) is 10.1 Å². The highest BCUT2D eigenvalue weighted by atomic mass is 16.5. The van der Waals surface area contributed by atoms with Crippen molar-refractivity contribution in [2.24, 2.45) is 0 Å². The van der Waals surface area contributed by atoms with E-state index in [-0.39, 0.29) is 5.91 Å². The van der Waals surface area contributed by atoms with Crippen LogP contribution in [0.5, 0.6) is 17.2 Å². The van der Waals surface area contributed by atoms with Gasteiger partial charge in [-0.25, -0.2) is 0 Å². The fourth-order valence-electron chi connectivity index (χ4n) is 3.12. The minimum absolute atomic E-state index is 0.189. The van der Waals surface area contributed by atoms with Crippen molar-refractivity contribution in [1.29, 1.82) is 5.26 Å². The Morgan fingerprint density at radius 2 is 1.83 bits per heavy atom. The van der Waals surface area contributed by atoms with Gasteiger partial charge in [0.05, 0.1) is 33.0 Å². The lowest BCUT2D eigenvalue weighted by atomic mass is 10.0. The first kappa shape index (κ1) is 17.9. The number of hydrogen-bond donors (Lipinski definition) is 0. The summed E-state index contributed by atoms with van der Waals surface area (Å²) in [6.07, 6.45) is 4.16. The molecule has 1 heterocycles. The van der Waals surface area contributed by atoms with Gasteiger partial charge in [-0.2, -0.15) is 5.26 Å². The monoisotopic (exact) mass is 332 g/mol. The summed E-state index contributed by atoms with van der Waals surface area (Å²) in [6, 6.07) is 3.32. The van der Waals surface area contributed by atoms with Crippen LogP contribution in [-0.4, -0.2) is 38.7 Å². The van der Waals surface area contributed by atoms with Gasteiger partial charge in [-0.05, 0) is 12.5 Å². The number of rotatable bonds is 8. The van der Waals surface area contributed by atoms with Gasteiger partial charge < -0.3 is 19.1 Å². The van der Waals surface area contributed by atoms with Crippen molar-refractivity contribution in [3.8, 4) is 23.3 Å². The first-order valence-electron chi connectivity index (χ1n) is 8.17. The van der Waals surface area contributed by atoms with Crippen molar-refractivity contribution in [3.63, 3.8) is 0 Å². The molecule has 1 aromatic rings. The highest BCUT2D eigenvalue weighted by Gasteiger charge is 2.41. The molecule has 0 aromatic heterocycles. The van der Waals surface area contributed by atoms with Crippen LogP contribution in [0.3, 0.4) is 0 Å². The van der Waals surface area contributed by atoms with Gasteiger partial charge in [0.2, 0.25) is 5.75 Å². The average molecular weight is 332 g/mol. The minimum atomic E-state index is -0.622. The van der Waals surface area contributed by atoms with Crippen molar-refractivity contribution in [2.75, 3.05) is 27.9 Å². The Labute approximate surface area is 142 Å². The van der Waals surface area contributed by atoms with E-state index in [1.54, 1.807) is 11.0 Å². The van der Waals surface area contributed by atoms with E-state index in [0.29, 0.717) is 34.9 Å². The highest BCUT2D eigenvalue weighted by molar-refractivity contribution is 6.03. The average Bonchev–Trinajstić information content (AvgIpc) is 2.88. The van der Waals surface area contributed by atoms with Crippen LogP contribution in [0, 0.1) is 11.3 Å². The Morgan fingerprint density at radius 1 is 1.12 bits per heavy atom.